The summed E-state index contributed by atoms with van der Waals surface area (Å²) in [6, 6.07) is 1.01. The maximum Gasteiger partial charge on any atom is 0.241 e. The van der Waals surface area contributed by atoms with Crippen LogP contribution in [0.4, 0.5) is 8.78 Å². The second kappa shape index (κ2) is 6.07. The highest BCUT2D eigenvalue weighted by Crippen LogP contribution is 2.15. The van der Waals surface area contributed by atoms with E-state index in [2.05, 4.69) is 4.72 Å². The number of hydrogen-bond acceptors (Lipinski definition) is 3. The van der Waals surface area contributed by atoms with Crippen LogP contribution in [0.1, 0.15) is 19.8 Å². The summed E-state index contributed by atoms with van der Waals surface area (Å²) in [6.07, 6.45) is 1.78. The summed E-state index contributed by atoms with van der Waals surface area (Å²) >= 11 is 0. The Morgan fingerprint density at radius 1 is 1.19 bits per heavy atom. The molecule has 21 heavy (non-hydrogen) atoms. The fraction of sp³-hybridized carbons (Fsp3) is 0.462. The smallest absolute Gasteiger partial charge is 0.241 e. The maximum atomic E-state index is 13.1. The third-order valence-electron chi connectivity index (χ3n) is 3.27. The summed E-state index contributed by atoms with van der Waals surface area (Å²) in [5.41, 5.74) is 0. The minimum atomic E-state index is -4.16. The van der Waals surface area contributed by atoms with Gasteiger partial charge in [-0.25, -0.2) is 17.2 Å². The van der Waals surface area contributed by atoms with Gasteiger partial charge in [-0.3, -0.25) is 4.79 Å². The van der Waals surface area contributed by atoms with Crippen LogP contribution in [0.15, 0.2) is 23.1 Å². The number of benzene rings is 1. The number of nitrogens with one attached hydrogen (secondary N) is 1. The van der Waals surface area contributed by atoms with Gasteiger partial charge in [-0.15, -0.1) is 0 Å². The summed E-state index contributed by atoms with van der Waals surface area (Å²) < 4.78 is 52.4. The van der Waals surface area contributed by atoms with Crippen molar-refractivity contribution >= 4 is 15.9 Å². The Bertz CT molecular complexity index is 623. The molecule has 0 saturated carbocycles. The molecule has 5 nitrogen and oxygen atoms in total. The lowest BCUT2D eigenvalue weighted by Gasteiger charge is -2.21. The lowest BCUT2D eigenvalue weighted by molar-refractivity contribution is -0.131. The number of sulfonamides is 1. The molecule has 116 valence electrons. The van der Waals surface area contributed by atoms with Crippen molar-refractivity contribution in [1.29, 1.82) is 0 Å². The van der Waals surface area contributed by atoms with E-state index in [0.717, 1.165) is 12.8 Å². The van der Waals surface area contributed by atoms with E-state index in [9.17, 15) is 22.0 Å². The van der Waals surface area contributed by atoms with Crippen molar-refractivity contribution in [3.8, 4) is 0 Å². The van der Waals surface area contributed by atoms with Crippen LogP contribution in [0.2, 0.25) is 0 Å². The molecule has 1 aliphatic rings. The normalized spacial score (nSPS) is 17.0. The molecule has 0 aromatic heterocycles. The molecule has 1 fully saturated rings. The van der Waals surface area contributed by atoms with Gasteiger partial charge in [-0.1, -0.05) is 0 Å². The number of hydrogen-bond donors (Lipinski definition) is 1. The van der Waals surface area contributed by atoms with E-state index in [-0.39, 0.29) is 5.91 Å². The monoisotopic (exact) mass is 318 g/mol. The number of halogens is 2. The van der Waals surface area contributed by atoms with Crippen LogP contribution in [0.3, 0.4) is 0 Å². The Kier molecular flexibility index (Phi) is 4.58. The average molecular weight is 318 g/mol. The first-order chi connectivity index (χ1) is 9.79. The number of amides is 1. The molecule has 1 amide bonds. The van der Waals surface area contributed by atoms with Gasteiger partial charge in [-0.05, 0) is 31.9 Å². The van der Waals surface area contributed by atoms with Crippen LogP contribution in [0.5, 0.6) is 0 Å². The SMILES string of the molecule is C[C@H](NS(=O)(=O)c1cc(F)cc(F)c1)C(=O)N1CCCC1. The molecule has 1 N–H and O–H groups in total. The Hall–Kier alpha value is -1.54. The molecule has 0 radical (unpaired) electrons. The van der Waals surface area contributed by atoms with Gasteiger partial charge in [0.1, 0.15) is 11.6 Å². The average Bonchev–Trinajstić information content (AvgIpc) is 2.89. The third-order valence-corrected chi connectivity index (χ3v) is 4.79. The van der Waals surface area contributed by atoms with Gasteiger partial charge in [0.05, 0.1) is 10.9 Å². The Labute approximate surface area is 122 Å². The highest BCUT2D eigenvalue weighted by atomic mass is 32.2. The summed E-state index contributed by atoms with van der Waals surface area (Å²) in [4.78, 5) is 13.1. The van der Waals surface area contributed by atoms with E-state index in [1.165, 1.54) is 6.92 Å². The zero-order valence-corrected chi connectivity index (χ0v) is 12.3. The van der Waals surface area contributed by atoms with Crippen LogP contribution in [-0.4, -0.2) is 38.4 Å². The zero-order valence-electron chi connectivity index (χ0n) is 11.5. The quantitative estimate of drug-likeness (QED) is 0.909. The van der Waals surface area contributed by atoms with Crippen LogP contribution < -0.4 is 4.72 Å². The molecule has 1 heterocycles. The van der Waals surface area contributed by atoms with Crippen molar-refractivity contribution < 1.29 is 22.0 Å². The number of carbonyl (C=O) groups is 1. The van der Waals surface area contributed by atoms with E-state index in [0.29, 0.717) is 31.3 Å². The van der Waals surface area contributed by atoms with Crippen molar-refractivity contribution in [2.24, 2.45) is 0 Å². The molecule has 1 atom stereocenters. The predicted octanol–water partition coefficient (Wildman–Crippen LogP) is 1.25. The van der Waals surface area contributed by atoms with Crippen molar-refractivity contribution in [1.82, 2.24) is 9.62 Å². The molecule has 0 aliphatic carbocycles. The van der Waals surface area contributed by atoms with Gasteiger partial charge in [0.15, 0.2) is 0 Å². The maximum absolute atomic E-state index is 13.1. The van der Waals surface area contributed by atoms with Gasteiger partial charge < -0.3 is 4.90 Å². The van der Waals surface area contributed by atoms with E-state index in [4.69, 9.17) is 0 Å². The fourth-order valence-electron chi connectivity index (χ4n) is 2.25. The van der Waals surface area contributed by atoms with Crippen LogP contribution >= 0.6 is 0 Å². The number of nitrogens with zero attached hydrogens (tertiary/aromatic N) is 1. The second-order valence-corrected chi connectivity index (χ2v) is 6.69. The molecule has 2 rings (SSSR count). The largest absolute Gasteiger partial charge is 0.341 e. The summed E-state index contributed by atoms with van der Waals surface area (Å²) in [5, 5.41) is 0. The first kappa shape index (κ1) is 15.8. The van der Waals surface area contributed by atoms with Crippen LogP contribution in [0.25, 0.3) is 0 Å². The Balaban J connectivity index is 2.14. The second-order valence-electron chi connectivity index (χ2n) is 4.98. The van der Waals surface area contributed by atoms with Gasteiger partial charge >= 0.3 is 0 Å². The van der Waals surface area contributed by atoms with Crippen LogP contribution in [0, 0.1) is 11.6 Å². The first-order valence-electron chi connectivity index (χ1n) is 6.57. The van der Waals surface area contributed by atoms with Gasteiger partial charge in [0, 0.05) is 19.2 Å². The summed E-state index contributed by atoms with van der Waals surface area (Å²) in [5.74, 6) is -2.32. The topological polar surface area (TPSA) is 66.5 Å². The van der Waals surface area contributed by atoms with Crippen molar-refractivity contribution in [3.05, 3.63) is 29.8 Å². The molecule has 1 saturated heterocycles. The van der Waals surface area contributed by atoms with Gasteiger partial charge in [-0.2, -0.15) is 4.72 Å². The minimum Gasteiger partial charge on any atom is -0.341 e. The van der Waals surface area contributed by atoms with E-state index < -0.39 is 32.6 Å². The first-order valence-corrected chi connectivity index (χ1v) is 8.05. The zero-order chi connectivity index (χ0) is 15.6. The lowest BCUT2D eigenvalue weighted by atomic mass is 10.3. The Morgan fingerprint density at radius 2 is 1.71 bits per heavy atom. The summed E-state index contributed by atoms with van der Waals surface area (Å²) in [7, 11) is -4.16. The molecule has 1 aromatic rings. The molecule has 0 bridgehead atoms. The third kappa shape index (κ3) is 3.76. The molecule has 1 aliphatic heterocycles. The standard InChI is InChI=1S/C13H16F2N2O3S/c1-9(13(18)17-4-2-3-5-17)16-21(19,20)12-7-10(14)6-11(15)8-12/h6-9,16H,2-5H2,1H3/t9-/m0/s1. The van der Waals surface area contributed by atoms with Crippen molar-refractivity contribution in [2.45, 2.75) is 30.7 Å². The highest BCUT2D eigenvalue weighted by Gasteiger charge is 2.27. The Morgan fingerprint density at radius 3 is 2.24 bits per heavy atom. The van der Waals surface area contributed by atoms with Gasteiger partial charge in [0.25, 0.3) is 0 Å². The van der Waals surface area contributed by atoms with Crippen LogP contribution in [-0.2, 0) is 14.8 Å². The summed E-state index contributed by atoms with van der Waals surface area (Å²) in [6.45, 7) is 2.60. The molecule has 8 heteroatoms. The predicted molar refractivity (Wildman–Crippen MR) is 72.0 cm³/mol. The van der Waals surface area contributed by atoms with E-state index >= 15 is 0 Å². The van der Waals surface area contributed by atoms with Crippen molar-refractivity contribution in [2.75, 3.05) is 13.1 Å². The van der Waals surface area contributed by atoms with E-state index in [1.807, 2.05) is 0 Å². The number of carbonyl (C=O) groups excluding carboxylic acids is 1. The molecular formula is C13H16F2N2O3S. The minimum absolute atomic E-state index is 0.340. The van der Waals surface area contributed by atoms with E-state index in [1.54, 1.807) is 4.90 Å². The van der Waals surface area contributed by atoms with Crippen molar-refractivity contribution in [3.63, 3.8) is 0 Å². The number of likely N-dealkylation sites (tertiary alicyclic amines) is 1. The molecular weight excluding hydrogens is 302 g/mol. The molecule has 0 unspecified atom stereocenters. The molecule has 1 aromatic carbocycles. The lowest BCUT2D eigenvalue weighted by Crippen LogP contribution is -2.45. The van der Waals surface area contributed by atoms with Gasteiger partial charge in [0.2, 0.25) is 15.9 Å². The molecule has 0 spiro atoms. The fourth-order valence-corrected chi connectivity index (χ4v) is 3.48. The highest BCUT2D eigenvalue weighted by molar-refractivity contribution is 7.89. The number of rotatable bonds is 4.